The number of halogens is 5. The lowest BCUT2D eigenvalue weighted by Gasteiger charge is -2.08. The number of nitrogens with zero attached hydrogens (tertiary/aromatic N) is 3. The van der Waals surface area contributed by atoms with Gasteiger partial charge in [-0.1, -0.05) is 17.7 Å². The van der Waals surface area contributed by atoms with E-state index in [0.717, 1.165) is 16.3 Å². The highest BCUT2D eigenvalue weighted by atomic mass is 35.5. The summed E-state index contributed by atoms with van der Waals surface area (Å²) in [6, 6.07) is 5.95. The van der Waals surface area contributed by atoms with Crippen LogP contribution in [0.3, 0.4) is 0 Å². The van der Waals surface area contributed by atoms with E-state index >= 15 is 0 Å². The molecule has 9 heteroatoms. The molecule has 2 heterocycles. The molecule has 126 valence electrons. The van der Waals surface area contributed by atoms with Crippen molar-refractivity contribution in [2.75, 3.05) is 5.73 Å². The van der Waals surface area contributed by atoms with Crippen molar-refractivity contribution < 1.29 is 17.6 Å². The number of nitrogens with two attached hydrogens (primary N) is 1. The molecule has 0 atom stereocenters. The van der Waals surface area contributed by atoms with Crippen LogP contribution in [0.2, 0.25) is 5.02 Å². The molecule has 24 heavy (non-hydrogen) atoms. The van der Waals surface area contributed by atoms with E-state index in [-0.39, 0.29) is 16.7 Å². The largest absolute Gasteiger partial charge is 0.383 e. The minimum atomic E-state index is -3.07. The summed E-state index contributed by atoms with van der Waals surface area (Å²) < 4.78 is 53.4. The van der Waals surface area contributed by atoms with Crippen LogP contribution in [0, 0.1) is 6.92 Å². The van der Waals surface area contributed by atoms with Gasteiger partial charge in [0, 0.05) is 0 Å². The van der Waals surface area contributed by atoms with Crippen molar-refractivity contribution in [3.63, 3.8) is 0 Å². The third-order valence-electron chi connectivity index (χ3n) is 3.50. The van der Waals surface area contributed by atoms with Gasteiger partial charge in [0.25, 0.3) is 12.9 Å². The van der Waals surface area contributed by atoms with Crippen molar-refractivity contribution in [1.29, 1.82) is 0 Å². The van der Waals surface area contributed by atoms with E-state index in [0.29, 0.717) is 10.7 Å². The maximum absolute atomic E-state index is 13.2. The van der Waals surface area contributed by atoms with Crippen LogP contribution in [0.25, 0.3) is 16.6 Å². The molecule has 0 unspecified atom stereocenters. The Bertz CT molecular complexity index is 923. The summed E-state index contributed by atoms with van der Waals surface area (Å²) in [6.45, 7) is 1.83. The predicted octanol–water partition coefficient (Wildman–Crippen LogP) is 4.84. The first-order valence-corrected chi connectivity index (χ1v) is 7.19. The standard InChI is InChI=1S/C15H11ClF4N4/c1-6-2-3-10(7(16)4-6)24-15(21)11-8(23-24)5-9(13(17)18)22-12(11)14(19)20/h2-5,13-14H,21H2,1H3. The smallest absolute Gasteiger partial charge is 0.281 e. The molecular weight excluding hydrogens is 348 g/mol. The molecule has 0 aliphatic heterocycles. The highest BCUT2D eigenvalue weighted by Crippen LogP contribution is 2.35. The fraction of sp³-hybridized carbons (Fsp3) is 0.200. The number of hydrogen-bond acceptors (Lipinski definition) is 3. The molecule has 0 bridgehead atoms. The molecule has 0 aliphatic rings. The van der Waals surface area contributed by atoms with Crippen LogP contribution in [0.4, 0.5) is 23.4 Å². The maximum atomic E-state index is 13.2. The maximum Gasteiger partial charge on any atom is 0.281 e. The number of aromatic nitrogens is 3. The number of alkyl halides is 4. The Hall–Kier alpha value is -2.35. The fourth-order valence-electron chi connectivity index (χ4n) is 2.42. The molecular formula is C15H11ClF4N4. The lowest BCUT2D eigenvalue weighted by Crippen LogP contribution is -2.03. The minimum Gasteiger partial charge on any atom is -0.383 e. The van der Waals surface area contributed by atoms with Crippen molar-refractivity contribution in [1.82, 2.24) is 14.8 Å². The molecule has 0 spiro atoms. The van der Waals surface area contributed by atoms with Crippen molar-refractivity contribution in [3.05, 3.63) is 46.2 Å². The summed E-state index contributed by atoms with van der Waals surface area (Å²) in [6.07, 6.45) is -6.07. The zero-order chi connectivity index (χ0) is 17.6. The molecule has 0 aliphatic carbocycles. The Labute approximate surface area is 138 Å². The van der Waals surface area contributed by atoms with E-state index in [1.165, 1.54) is 0 Å². The molecule has 3 aromatic rings. The van der Waals surface area contributed by atoms with Gasteiger partial charge in [0.1, 0.15) is 17.2 Å². The first kappa shape index (κ1) is 16.5. The van der Waals surface area contributed by atoms with E-state index < -0.39 is 24.2 Å². The molecule has 1 aromatic carbocycles. The quantitative estimate of drug-likeness (QED) is 0.681. The normalized spacial score (nSPS) is 11.8. The molecule has 0 fully saturated rings. The van der Waals surface area contributed by atoms with E-state index in [2.05, 4.69) is 10.1 Å². The first-order valence-electron chi connectivity index (χ1n) is 6.81. The number of rotatable bonds is 3. The van der Waals surface area contributed by atoms with Gasteiger partial charge in [-0.05, 0) is 30.7 Å². The first-order chi connectivity index (χ1) is 11.3. The zero-order valence-corrected chi connectivity index (χ0v) is 13.0. The SMILES string of the molecule is Cc1ccc(-n2nc3cc(C(F)F)nc(C(F)F)c3c2N)c(Cl)c1. The summed E-state index contributed by atoms with van der Waals surface area (Å²) in [5, 5.41) is 4.20. The van der Waals surface area contributed by atoms with Gasteiger partial charge in [-0.2, -0.15) is 5.10 Å². The third kappa shape index (κ3) is 2.66. The number of fused-ring (bicyclic) bond motifs is 1. The molecule has 2 N–H and O–H groups in total. The van der Waals surface area contributed by atoms with Crippen LogP contribution < -0.4 is 5.73 Å². The lowest BCUT2D eigenvalue weighted by atomic mass is 10.2. The summed E-state index contributed by atoms with van der Waals surface area (Å²) in [5.74, 6) is -0.139. The molecule has 3 rings (SSSR count). The third-order valence-corrected chi connectivity index (χ3v) is 3.80. The van der Waals surface area contributed by atoms with Crippen molar-refractivity contribution >= 4 is 28.3 Å². The Kier molecular flexibility index (Phi) is 4.08. The van der Waals surface area contributed by atoms with Gasteiger partial charge in [0.05, 0.1) is 21.6 Å². The minimum absolute atomic E-state index is 0.0928. The van der Waals surface area contributed by atoms with Gasteiger partial charge in [-0.3, -0.25) is 0 Å². The Morgan fingerprint density at radius 2 is 1.83 bits per heavy atom. The summed E-state index contributed by atoms with van der Waals surface area (Å²) in [7, 11) is 0. The number of anilines is 1. The van der Waals surface area contributed by atoms with Gasteiger partial charge in [0.2, 0.25) is 0 Å². The predicted molar refractivity (Wildman–Crippen MR) is 82.9 cm³/mol. The van der Waals surface area contributed by atoms with Crippen LogP contribution in [-0.4, -0.2) is 14.8 Å². The van der Waals surface area contributed by atoms with E-state index in [9.17, 15) is 17.6 Å². The Balaban J connectivity index is 2.32. The average Bonchev–Trinajstić information content (AvgIpc) is 2.83. The lowest BCUT2D eigenvalue weighted by molar-refractivity contribution is 0.135. The van der Waals surface area contributed by atoms with Crippen LogP contribution in [0.1, 0.15) is 29.8 Å². The molecule has 2 aromatic heterocycles. The van der Waals surface area contributed by atoms with Crippen LogP contribution >= 0.6 is 11.6 Å². The van der Waals surface area contributed by atoms with Gasteiger partial charge < -0.3 is 5.73 Å². The number of aryl methyl sites for hydroxylation is 1. The molecule has 4 nitrogen and oxygen atoms in total. The van der Waals surface area contributed by atoms with Gasteiger partial charge in [-0.15, -0.1) is 0 Å². The van der Waals surface area contributed by atoms with Crippen LogP contribution in [-0.2, 0) is 0 Å². The van der Waals surface area contributed by atoms with E-state index in [1.54, 1.807) is 18.2 Å². The monoisotopic (exact) mass is 358 g/mol. The zero-order valence-electron chi connectivity index (χ0n) is 12.3. The van der Waals surface area contributed by atoms with Crippen molar-refractivity contribution in [2.24, 2.45) is 0 Å². The van der Waals surface area contributed by atoms with Gasteiger partial charge in [0.15, 0.2) is 0 Å². The number of benzene rings is 1. The van der Waals surface area contributed by atoms with Crippen molar-refractivity contribution in [2.45, 2.75) is 19.8 Å². The second-order valence-corrected chi connectivity index (χ2v) is 5.59. The molecule has 0 amide bonds. The van der Waals surface area contributed by atoms with Crippen LogP contribution in [0.5, 0.6) is 0 Å². The molecule has 0 saturated carbocycles. The number of hydrogen-bond donors (Lipinski definition) is 1. The van der Waals surface area contributed by atoms with Crippen LogP contribution in [0.15, 0.2) is 24.3 Å². The highest BCUT2D eigenvalue weighted by molar-refractivity contribution is 6.32. The van der Waals surface area contributed by atoms with Crippen molar-refractivity contribution in [3.8, 4) is 5.69 Å². The number of nitrogen functional groups attached to an aromatic ring is 1. The van der Waals surface area contributed by atoms with E-state index in [4.69, 9.17) is 17.3 Å². The second kappa shape index (κ2) is 5.94. The second-order valence-electron chi connectivity index (χ2n) is 5.18. The summed E-state index contributed by atoms with van der Waals surface area (Å²) in [4.78, 5) is 3.34. The van der Waals surface area contributed by atoms with E-state index in [1.807, 2.05) is 6.92 Å². The Morgan fingerprint density at radius 3 is 2.42 bits per heavy atom. The molecule has 0 radical (unpaired) electrons. The summed E-state index contributed by atoms with van der Waals surface area (Å²) >= 11 is 6.15. The number of pyridine rings is 1. The topological polar surface area (TPSA) is 56.7 Å². The highest BCUT2D eigenvalue weighted by Gasteiger charge is 2.24. The summed E-state index contributed by atoms with van der Waals surface area (Å²) in [5.41, 5.74) is 5.47. The van der Waals surface area contributed by atoms with Gasteiger partial charge in [-0.25, -0.2) is 27.2 Å². The molecule has 0 saturated heterocycles. The Morgan fingerprint density at radius 1 is 1.12 bits per heavy atom. The average molecular weight is 359 g/mol. The fourth-order valence-corrected chi connectivity index (χ4v) is 2.73. The van der Waals surface area contributed by atoms with Gasteiger partial charge >= 0.3 is 0 Å².